The fourth-order valence-electron chi connectivity index (χ4n) is 1.49. The third-order valence-electron chi connectivity index (χ3n) is 2.82. The smallest absolute Gasteiger partial charge is 0.345 e. The molecule has 22 heavy (non-hydrogen) atoms. The van der Waals surface area contributed by atoms with Crippen molar-refractivity contribution in [2.75, 3.05) is 0 Å². The lowest BCUT2D eigenvalue weighted by Gasteiger charge is -2.15. The fraction of sp³-hybridized carbons (Fsp3) is 0.667. The van der Waals surface area contributed by atoms with Crippen LogP contribution in [0.1, 0.15) is 32.1 Å². The van der Waals surface area contributed by atoms with Crippen molar-refractivity contribution in [1.82, 2.24) is 0 Å². The van der Waals surface area contributed by atoms with Crippen LogP contribution in [0.5, 0.6) is 0 Å². The van der Waals surface area contributed by atoms with Gasteiger partial charge in [-0.1, -0.05) is 0 Å². The summed E-state index contributed by atoms with van der Waals surface area (Å²) in [5.74, 6) is -4.73. The second kappa shape index (κ2) is 9.68. The number of carbonyl (C=O) groups is 4. The molecule has 0 bridgehead atoms. The Bertz CT molecular complexity index is 425. The second-order valence-corrected chi connectivity index (χ2v) is 4.68. The van der Waals surface area contributed by atoms with Crippen LogP contribution in [0, 0.1) is 0 Å². The summed E-state index contributed by atoms with van der Waals surface area (Å²) in [4.78, 5) is 43.4. The summed E-state index contributed by atoms with van der Waals surface area (Å²) in [5, 5.41) is 26.0. The zero-order valence-corrected chi connectivity index (χ0v) is 11.8. The molecule has 0 saturated heterocycles. The molecule has 0 aliphatic carbocycles. The molecule has 0 aromatic rings. The maximum absolute atomic E-state index is 11.4. The number of nitrogens with two attached hydrogens (primary N) is 2. The van der Waals surface area contributed by atoms with Gasteiger partial charge in [0, 0.05) is 6.42 Å². The van der Waals surface area contributed by atoms with Crippen LogP contribution in [0.15, 0.2) is 0 Å². The van der Waals surface area contributed by atoms with Crippen LogP contribution in [0.4, 0.5) is 0 Å². The first-order chi connectivity index (χ1) is 10.1. The summed E-state index contributed by atoms with van der Waals surface area (Å²) < 4.78 is 4.71. The molecule has 0 fully saturated rings. The van der Waals surface area contributed by atoms with Gasteiger partial charge in [0.2, 0.25) is 0 Å². The molecule has 0 aromatic carbocycles. The van der Waals surface area contributed by atoms with E-state index >= 15 is 0 Å². The summed E-state index contributed by atoms with van der Waals surface area (Å²) in [6.07, 6.45) is -1.84. The van der Waals surface area contributed by atoms with Crippen molar-refractivity contribution in [3.63, 3.8) is 0 Å². The van der Waals surface area contributed by atoms with E-state index in [1.165, 1.54) is 0 Å². The summed E-state index contributed by atoms with van der Waals surface area (Å²) in [7, 11) is 0. The van der Waals surface area contributed by atoms with Gasteiger partial charge in [-0.2, -0.15) is 0 Å². The molecule has 0 radical (unpaired) electrons. The van der Waals surface area contributed by atoms with Crippen molar-refractivity contribution in [3.8, 4) is 0 Å². The molecule has 0 rings (SSSR count). The molecule has 3 atom stereocenters. The molecule has 0 aliphatic rings. The summed E-state index contributed by atoms with van der Waals surface area (Å²) in [6.45, 7) is 0. The molecule has 10 nitrogen and oxygen atoms in total. The van der Waals surface area contributed by atoms with E-state index in [-0.39, 0.29) is 32.1 Å². The molecule has 7 N–H and O–H groups in total. The molecular weight excluding hydrogens is 300 g/mol. The number of hydrogen-bond donors (Lipinski definition) is 5. The summed E-state index contributed by atoms with van der Waals surface area (Å²) in [5.41, 5.74) is 10.5. The van der Waals surface area contributed by atoms with Crippen molar-refractivity contribution < 1.29 is 39.2 Å². The zero-order chi connectivity index (χ0) is 17.3. The van der Waals surface area contributed by atoms with Crippen LogP contribution < -0.4 is 11.5 Å². The molecule has 2 unspecified atom stereocenters. The van der Waals surface area contributed by atoms with Gasteiger partial charge in [0.25, 0.3) is 0 Å². The van der Waals surface area contributed by atoms with Crippen molar-refractivity contribution in [1.29, 1.82) is 0 Å². The van der Waals surface area contributed by atoms with E-state index in [2.05, 4.69) is 0 Å². The molecular formula is C12H20N2O8. The minimum absolute atomic E-state index is 0.0422. The quantitative estimate of drug-likeness (QED) is 0.287. The van der Waals surface area contributed by atoms with Gasteiger partial charge in [-0.25, -0.2) is 4.79 Å². The van der Waals surface area contributed by atoms with Gasteiger partial charge in [0.15, 0.2) is 6.10 Å². The number of aliphatic carboxylic acids is 3. The number of carboxylic acids is 3. The Labute approximate surface area is 126 Å². The van der Waals surface area contributed by atoms with E-state index in [0.717, 1.165) is 0 Å². The minimum atomic E-state index is -1.44. The van der Waals surface area contributed by atoms with Gasteiger partial charge in [0.1, 0.15) is 12.1 Å². The lowest BCUT2D eigenvalue weighted by atomic mass is 10.1. The van der Waals surface area contributed by atoms with Crippen LogP contribution in [-0.2, 0) is 23.9 Å². The second-order valence-electron chi connectivity index (χ2n) is 4.68. The largest absolute Gasteiger partial charge is 0.480 e. The molecule has 0 spiro atoms. The normalized spacial score (nSPS) is 14.6. The first-order valence-corrected chi connectivity index (χ1v) is 6.54. The number of hydrogen-bond acceptors (Lipinski definition) is 7. The molecule has 10 heteroatoms. The van der Waals surface area contributed by atoms with E-state index in [1.807, 2.05) is 0 Å². The van der Waals surface area contributed by atoms with E-state index in [9.17, 15) is 19.2 Å². The van der Waals surface area contributed by atoms with Crippen LogP contribution in [0.25, 0.3) is 0 Å². The summed E-state index contributed by atoms with van der Waals surface area (Å²) >= 11 is 0. The highest BCUT2D eigenvalue weighted by Gasteiger charge is 2.23. The Kier molecular flexibility index (Phi) is 8.72. The first-order valence-electron chi connectivity index (χ1n) is 6.54. The van der Waals surface area contributed by atoms with Gasteiger partial charge >= 0.3 is 23.9 Å². The number of esters is 1. The number of carboxylic acid groups (broad SMARTS) is 3. The Balaban J connectivity index is 4.23. The highest BCUT2D eigenvalue weighted by atomic mass is 16.6. The lowest BCUT2D eigenvalue weighted by molar-refractivity contribution is -0.164. The lowest BCUT2D eigenvalue weighted by Crippen LogP contribution is -2.33. The van der Waals surface area contributed by atoms with Crippen LogP contribution in [0.2, 0.25) is 0 Å². The SMILES string of the molecule is NC(CCCC(OC(=O)CC[C@@H](N)C(=O)O)C(=O)O)C(=O)O. The van der Waals surface area contributed by atoms with Crippen molar-refractivity contribution in [2.45, 2.75) is 50.3 Å². The molecule has 0 heterocycles. The van der Waals surface area contributed by atoms with Gasteiger partial charge in [0.05, 0.1) is 0 Å². The van der Waals surface area contributed by atoms with E-state index in [1.54, 1.807) is 0 Å². The highest BCUT2D eigenvalue weighted by Crippen LogP contribution is 2.09. The van der Waals surface area contributed by atoms with Crippen LogP contribution in [0.3, 0.4) is 0 Å². The number of ether oxygens (including phenoxy) is 1. The van der Waals surface area contributed by atoms with Gasteiger partial charge in [-0.15, -0.1) is 0 Å². The van der Waals surface area contributed by atoms with Crippen molar-refractivity contribution >= 4 is 23.9 Å². The third kappa shape index (κ3) is 8.17. The maximum Gasteiger partial charge on any atom is 0.345 e. The van der Waals surface area contributed by atoms with Crippen molar-refractivity contribution in [3.05, 3.63) is 0 Å². The standard InChI is InChI=1S/C12H20N2O8/c13-6(10(16)17)2-1-3-8(12(20)21)22-9(15)5-4-7(14)11(18)19/h6-8H,1-5,13-14H2,(H,16,17)(H,18,19)(H,20,21)/t6?,7-,8?/m1/s1. The maximum atomic E-state index is 11.4. The predicted octanol–water partition coefficient (Wildman–Crippen LogP) is -1.24. The monoisotopic (exact) mass is 320 g/mol. The topological polar surface area (TPSA) is 190 Å². The minimum Gasteiger partial charge on any atom is -0.480 e. The molecule has 0 aliphatic heterocycles. The Morgan fingerprint density at radius 1 is 0.818 bits per heavy atom. The fourth-order valence-corrected chi connectivity index (χ4v) is 1.49. The Morgan fingerprint density at radius 3 is 1.77 bits per heavy atom. The average molecular weight is 320 g/mol. The zero-order valence-electron chi connectivity index (χ0n) is 11.8. The van der Waals surface area contributed by atoms with E-state index in [0.29, 0.717) is 0 Å². The van der Waals surface area contributed by atoms with Gasteiger partial charge < -0.3 is 31.5 Å². The number of carbonyl (C=O) groups excluding carboxylic acids is 1. The Hall–Kier alpha value is -2.20. The molecule has 0 saturated carbocycles. The Morgan fingerprint density at radius 2 is 1.32 bits per heavy atom. The van der Waals surface area contributed by atoms with Gasteiger partial charge in [-0.3, -0.25) is 14.4 Å². The van der Waals surface area contributed by atoms with Crippen molar-refractivity contribution in [2.24, 2.45) is 11.5 Å². The first kappa shape index (κ1) is 19.8. The molecule has 0 aromatic heterocycles. The van der Waals surface area contributed by atoms with Crippen LogP contribution >= 0.6 is 0 Å². The third-order valence-corrected chi connectivity index (χ3v) is 2.82. The predicted molar refractivity (Wildman–Crippen MR) is 71.8 cm³/mol. The van der Waals surface area contributed by atoms with E-state index in [4.69, 9.17) is 31.5 Å². The average Bonchev–Trinajstić information content (AvgIpc) is 2.42. The molecule has 126 valence electrons. The highest BCUT2D eigenvalue weighted by molar-refractivity contribution is 5.79. The summed E-state index contributed by atoms with van der Waals surface area (Å²) in [6, 6.07) is -2.34. The molecule has 0 amide bonds. The van der Waals surface area contributed by atoms with E-state index < -0.39 is 42.1 Å². The van der Waals surface area contributed by atoms with Crippen LogP contribution in [-0.4, -0.2) is 57.4 Å². The number of rotatable bonds is 11. The van der Waals surface area contributed by atoms with Gasteiger partial charge in [-0.05, 0) is 25.7 Å².